The Labute approximate surface area is 125 Å². The molecule has 0 heterocycles. The van der Waals surface area contributed by atoms with E-state index in [9.17, 15) is 4.57 Å². The van der Waals surface area contributed by atoms with Crippen molar-refractivity contribution < 1.29 is 13.6 Å². The summed E-state index contributed by atoms with van der Waals surface area (Å²) in [7, 11) is -0.231. The molecule has 112 valence electrons. The summed E-state index contributed by atoms with van der Waals surface area (Å²) in [6.45, 7) is 4.23. The van der Waals surface area contributed by atoms with Crippen LogP contribution in [0.5, 0.6) is 0 Å². The van der Waals surface area contributed by atoms with Crippen LogP contribution in [0.2, 0.25) is 0 Å². The van der Waals surface area contributed by atoms with E-state index in [1.54, 1.807) is 0 Å². The summed E-state index contributed by atoms with van der Waals surface area (Å²) in [5.41, 5.74) is 1.05. The van der Waals surface area contributed by atoms with Gasteiger partial charge in [0.25, 0.3) is 0 Å². The van der Waals surface area contributed by atoms with Crippen molar-refractivity contribution in [1.82, 2.24) is 0 Å². The molecule has 0 N–H and O–H groups in total. The van der Waals surface area contributed by atoms with Gasteiger partial charge in [0.1, 0.15) is 5.16 Å². The third-order valence-corrected chi connectivity index (χ3v) is 8.12. The van der Waals surface area contributed by atoms with Crippen LogP contribution in [0, 0.1) is 11.8 Å². The first-order chi connectivity index (χ1) is 10.0. The lowest BCUT2D eigenvalue weighted by Gasteiger charge is -2.26. The maximum Gasteiger partial charge on any atom is 0.341 e. The van der Waals surface area contributed by atoms with Crippen molar-refractivity contribution in [3.05, 3.63) is 48.0 Å². The highest BCUT2D eigenvalue weighted by Gasteiger charge is 2.72. The Morgan fingerprint density at radius 3 is 2.05 bits per heavy atom. The Bertz CT molecular complexity index is 709. The zero-order valence-electron chi connectivity index (χ0n) is 12.9. The van der Waals surface area contributed by atoms with E-state index in [-0.39, 0.29) is 11.8 Å². The van der Waals surface area contributed by atoms with E-state index < -0.39 is 12.8 Å². The molecule has 0 saturated heterocycles. The van der Waals surface area contributed by atoms with Crippen LogP contribution in [0.3, 0.4) is 0 Å². The van der Waals surface area contributed by atoms with E-state index in [2.05, 4.69) is 44.2 Å². The fourth-order valence-corrected chi connectivity index (χ4v) is 6.33. The van der Waals surface area contributed by atoms with E-state index in [1.165, 1.54) is 19.6 Å². The van der Waals surface area contributed by atoms with Gasteiger partial charge in [-0.15, -0.1) is 0 Å². The fourth-order valence-electron chi connectivity index (χ4n) is 3.75. The topological polar surface area (TPSA) is 35.5 Å². The Morgan fingerprint density at radius 1 is 0.952 bits per heavy atom. The maximum atomic E-state index is 13.1. The van der Waals surface area contributed by atoms with E-state index in [0.29, 0.717) is 0 Å². The van der Waals surface area contributed by atoms with Gasteiger partial charge in [-0.05, 0) is 34.2 Å². The van der Waals surface area contributed by atoms with Crippen LogP contribution < -0.4 is 0 Å². The van der Waals surface area contributed by atoms with E-state index in [4.69, 9.17) is 9.05 Å². The van der Waals surface area contributed by atoms with Crippen LogP contribution in [0.15, 0.2) is 42.5 Å². The standard InChI is InChI=1S/C17H21O3P/c1-12-13(2)17(12,21(18,19-3)20-4)16-10-9-14-7-5-6-8-15(14)11-16/h5-13H,1-4H3/t12-,13+,17?. The van der Waals surface area contributed by atoms with Crippen molar-refractivity contribution in [3.8, 4) is 0 Å². The Morgan fingerprint density at radius 2 is 1.52 bits per heavy atom. The summed E-state index contributed by atoms with van der Waals surface area (Å²) < 4.78 is 23.9. The Kier molecular flexibility index (Phi) is 3.48. The summed E-state index contributed by atoms with van der Waals surface area (Å²) in [4.78, 5) is 0. The van der Waals surface area contributed by atoms with Gasteiger partial charge in [-0.25, -0.2) is 0 Å². The summed E-state index contributed by atoms with van der Waals surface area (Å²) in [6, 6.07) is 14.5. The second-order valence-corrected chi connectivity index (χ2v) is 8.29. The third-order valence-electron chi connectivity index (χ3n) is 5.18. The normalized spacial score (nSPS) is 28.8. The maximum absolute atomic E-state index is 13.1. The second-order valence-electron chi connectivity index (χ2n) is 5.83. The fraction of sp³-hybridized carbons (Fsp3) is 0.412. The minimum Gasteiger partial charge on any atom is -0.311 e. The van der Waals surface area contributed by atoms with Gasteiger partial charge < -0.3 is 9.05 Å². The highest BCUT2D eigenvalue weighted by Crippen LogP contribution is 2.81. The zero-order chi connectivity index (χ0) is 15.3. The van der Waals surface area contributed by atoms with Crippen molar-refractivity contribution in [2.24, 2.45) is 11.8 Å². The predicted molar refractivity (Wildman–Crippen MR) is 85.6 cm³/mol. The average Bonchev–Trinajstić information content (AvgIpc) is 3.09. The molecular formula is C17H21O3P. The molecule has 0 aliphatic heterocycles. The molecular weight excluding hydrogens is 283 g/mol. The lowest BCUT2D eigenvalue weighted by Crippen LogP contribution is -2.14. The molecule has 3 atom stereocenters. The molecule has 2 aromatic rings. The van der Waals surface area contributed by atoms with Crippen LogP contribution in [0.25, 0.3) is 10.8 Å². The average molecular weight is 304 g/mol. The number of rotatable bonds is 4. The molecule has 3 rings (SSSR count). The molecule has 0 spiro atoms. The second kappa shape index (κ2) is 4.95. The summed E-state index contributed by atoms with van der Waals surface area (Å²) in [5, 5.41) is 1.81. The van der Waals surface area contributed by atoms with Crippen LogP contribution in [0.1, 0.15) is 19.4 Å². The van der Waals surface area contributed by atoms with Crippen LogP contribution in [-0.4, -0.2) is 14.2 Å². The van der Waals surface area contributed by atoms with Crippen LogP contribution in [0.4, 0.5) is 0 Å². The van der Waals surface area contributed by atoms with Gasteiger partial charge >= 0.3 is 7.60 Å². The molecule has 3 nitrogen and oxygen atoms in total. The van der Waals surface area contributed by atoms with Crippen molar-refractivity contribution in [2.75, 3.05) is 14.2 Å². The summed E-state index contributed by atoms with van der Waals surface area (Å²) >= 11 is 0. The molecule has 2 aromatic carbocycles. The van der Waals surface area contributed by atoms with Crippen molar-refractivity contribution in [2.45, 2.75) is 19.0 Å². The largest absolute Gasteiger partial charge is 0.341 e. The minimum absolute atomic E-state index is 0.268. The highest BCUT2D eigenvalue weighted by molar-refractivity contribution is 7.55. The molecule has 4 heteroatoms. The molecule has 0 radical (unpaired) electrons. The van der Waals surface area contributed by atoms with Gasteiger partial charge in [0.15, 0.2) is 0 Å². The predicted octanol–water partition coefficient (Wildman–Crippen LogP) is 4.81. The zero-order valence-corrected chi connectivity index (χ0v) is 13.8. The molecule has 1 fully saturated rings. The quantitative estimate of drug-likeness (QED) is 0.761. The number of fused-ring (bicyclic) bond motifs is 1. The van der Waals surface area contributed by atoms with Gasteiger partial charge in [-0.3, -0.25) is 4.57 Å². The molecule has 1 unspecified atom stereocenters. The Hall–Kier alpha value is -1.15. The monoisotopic (exact) mass is 304 g/mol. The molecule has 1 aliphatic carbocycles. The van der Waals surface area contributed by atoms with Crippen LogP contribution >= 0.6 is 7.60 Å². The third kappa shape index (κ3) is 1.85. The molecule has 0 aromatic heterocycles. The summed E-state index contributed by atoms with van der Waals surface area (Å²) in [5.74, 6) is 0.536. The van der Waals surface area contributed by atoms with Gasteiger partial charge in [0, 0.05) is 14.2 Å². The number of hydrogen-bond donors (Lipinski definition) is 0. The lowest BCUT2D eigenvalue weighted by molar-refractivity contribution is 0.258. The van der Waals surface area contributed by atoms with Crippen molar-refractivity contribution in [3.63, 3.8) is 0 Å². The van der Waals surface area contributed by atoms with E-state index >= 15 is 0 Å². The van der Waals surface area contributed by atoms with Gasteiger partial charge in [-0.1, -0.05) is 50.2 Å². The first-order valence-corrected chi connectivity index (χ1v) is 8.76. The molecule has 0 bridgehead atoms. The number of benzene rings is 2. The summed E-state index contributed by atoms with van der Waals surface area (Å²) in [6.07, 6.45) is 0. The number of hydrogen-bond acceptors (Lipinski definition) is 3. The molecule has 0 amide bonds. The molecule has 21 heavy (non-hydrogen) atoms. The Balaban J connectivity index is 2.20. The highest BCUT2D eigenvalue weighted by atomic mass is 31.2. The first kappa shape index (κ1) is 14.8. The van der Waals surface area contributed by atoms with Crippen molar-refractivity contribution in [1.29, 1.82) is 0 Å². The minimum atomic E-state index is -3.19. The van der Waals surface area contributed by atoms with Gasteiger partial charge in [0.2, 0.25) is 0 Å². The van der Waals surface area contributed by atoms with Gasteiger partial charge in [0.05, 0.1) is 0 Å². The molecule has 1 saturated carbocycles. The SMILES string of the molecule is COP(=O)(OC)C1(c2ccc3ccccc3c2)[C@H](C)[C@@H]1C. The van der Waals surface area contributed by atoms with Gasteiger partial charge in [-0.2, -0.15) is 0 Å². The van der Waals surface area contributed by atoms with E-state index in [1.807, 2.05) is 12.1 Å². The first-order valence-electron chi connectivity index (χ1n) is 7.22. The van der Waals surface area contributed by atoms with Crippen LogP contribution in [-0.2, 0) is 18.8 Å². The lowest BCUT2D eigenvalue weighted by atomic mass is 10.0. The van der Waals surface area contributed by atoms with E-state index in [0.717, 1.165) is 10.9 Å². The van der Waals surface area contributed by atoms with Crippen molar-refractivity contribution >= 4 is 18.4 Å². The smallest absolute Gasteiger partial charge is 0.311 e. The molecule has 1 aliphatic rings.